The highest BCUT2D eigenvalue weighted by Gasteiger charge is 2.04. The molecule has 0 saturated heterocycles. The molecule has 0 unspecified atom stereocenters. The van der Waals surface area contributed by atoms with Gasteiger partial charge in [0.2, 0.25) is 0 Å². The maximum absolute atomic E-state index is 11.8. The number of hydrogen-bond donors (Lipinski definition) is 2. The van der Waals surface area contributed by atoms with Gasteiger partial charge >= 0.3 is 6.03 Å². The number of nitrogens with one attached hydrogen (secondary N) is 2. The molecule has 2 aromatic rings. The smallest absolute Gasteiger partial charge is 0.319 e. The standard InChI is InChI=1S/C17H19ClN2OS/c1-13-7-8-15(18)11-16(13)20-17(21)19-9-10-22-12-14-5-3-2-4-6-14/h2-8,11H,9-10,12H2,1H3,(H2,19,20,21). The van der Waals surface area contributed by atoms with E-state index in [4.69, 9.17) is 11.6 Å². The van der Waals surface area contributed by atoms with E-state index in [-0.39, 0.29) is 6.03 Å². The van der Waals surface area contributed by atoms with Gasteiger partial charge in [-0.05, 0) is 30.2 Å². The Labute approximate surface area is 140 Å². The molecular formula is C17H19ClN2OS. The summed E-state index contributed by atoms with van der Waals surface area (Å²) in [7, 11) is 0. The molecule has 2 aromatic carbocycles. The molecule has 22 heavy (non-hydrogen) atoms. The fourth-order valence-electron chi connectivity index (χ4n) is 1.90. The van der Waals surface area contributed by atoms with Gasteiger partial charge < -0.3 is 10.6 Å². The molecule has 2 rings (SSSR count). The minimum atomic E-state index is -0.203. The fourth-order valence-corrected chi connectivity index (χ4v) is 2.89. The first kappa shape index (κ1) is 16.7. The van der Waals surface area contributed by atoms with Gasteiger partial charge in [-0.15, -0.1) is 0 Å². The van der Waals surface area contributed by atoms with Crippen molar-refractivity contribution in [1.29, 1.82) is 0 Å². The zero-order valence-corrected chi connectivity index (χ0v) is 14.0. The summed E-state index contributed by atoms with van der Waals surface area (Å²) in [6, 6.07) is 15.5. The summed E-state index contributed by atoms with van der Waals surface area (Å²) in [6.07, 6.45) is 0. The Balaban J connectivity index is 1.66. The van der Waals surface area contributed by atoms with Crippen molar-refractivity contribution in [2.45, 2.75) is 12.7 Å². The van der Waals surface area contributed by atoms with Crippen molar-refractivity contribution in [2.24, 2.45) is 0 Å². The summed E-state index contributed by atoms with van der Waals surface area (Å²) >= 11 is 7.73. The van der Waals surface area contributed by atoms with Gasteiger partial charge in [0, 0.05) is 28.8 Å². The first-order valence-electron chi connectivity index (χ1n) is 7.08. The van der Waals surface area contributed by atoms with Crippen LogP contribution >= 0.6 is 23.4 Å². The summed E-state index contributed by atoms with van der Waals surface area (Å²) in [5, 5.41) is 6.28. The first-order valence-corrected chi connectivity index (χ1v) is 8.61. The van der Waals surface area contributed by atoms with Crippen molar-refractivity contribution in [3.8, 4) is 0 Å². The van der Waals surface area contributed by atoms with E-state index in [2.05, 4.69) is 22.8 Å². The molecule has 0 radical (unpaired) electrons. The van der Waals surface area contributed by atoms with Gasteiger partial charge in [0.15, 0.2) is 0 Å². The van der Waals surface area contributed by atoms with Crippen molar-refractivity contribution in [3.63, 3.8) is 0 Å². The molecule has 0 saturated carbocycles. The monoisotopic (exact) mass is 334 g/mol. The summed E-state index contributed by atoms with van der Waals surface area (Å²) in [5.41, 5.74) is 3.02. The van der Waals surface area contributed by atoms with Crippen molar-refractivity contribution in [2.75, 3.05) is 17.6 Å². The molecule has 0 aliphatic rings. The molecule has 0 bridgehead atoms. The second-order valence-electron chi connectivity index (χ2n) is 4.88. The van der Waals surface area contributed by atoms with E-state index in [1.54, 1.807) is 23.9 Å². The minimum absolute atomic E-state index is 0.203. The largest absolute Gasteiger partial charge is 0.337 e. The number of urea groups is 1. The highest BCUT2D eigenvalue weighted by Crippen LogP contribution is 2.19. The maximum Gasteiger partial charge on any atom is 0.319 e. The number of hydrogen-bond acceptors (Lipinski definition) is 2. The van der Waals surface area contributed by atoms with Crippen LogP contribution in [0.3, 0.4) is 0 Å². The quantitative estimate of drug-likeness (QED) is 0.751. The molecule has 0 aliphatic heterocycles. The summed E-state index contributed by atoms with van der Waals surface area (Å²) in [6.45, 7) is 2.56. The van der Waals surface area contributed by atoms with Crippen LogP contribution in [0.15, 0.2) is 48.5 Å². The first-order chi connectivity index (χ1) is 10.6. The van der Waals surface area contributed by atoms with Crippen LogP contribution in [0.5, 0.6) is 0 Å². The molecule has 2 amide bonds. The van der Waals surface area contributed by atoms with Gasteiger partial charge in [-0.1, -0.05) is 48.0 Å². The van der Waals surface area contributed by atoms with Crippen molar-refractivity contribution >= 4 is 35.1 Å². The van der Waals surface area contributed by atoms with E-state index in [1.165, 1.54) is 5.56 Å². The van der Waals surface area contributed by atoms with Crippen molar-refractivity contribution in [1.82, 2.24) is 5.32 Å². The molecule has 0 spiro atoms. The number of thioether (sulfide) groups is 1. The lowest BCUT2D eigenvalue weighted by atomic mass is 10.2. The number of amides is 2. The molecule has 3 nitrogen and oxygen atoms in total. The Hall–Kier alpha value is -1.65. The Morgan fingerprint density at radius 1 is 1.18 bits per heavy atom. The summed E-state index contributed by atoms with van der Waals surface area (Å²) in [5.74, 6) is 1.83. The van der Waals surface area contributed by atoms with Gasteiger partial charge in [-0.3, -0.25) is 0 Å². The van der Waals surface area contributed by atoms with Crippen LogP contribution in [0.2, 0.25) is 5.02 Å². The molecule has 116 valence electrons. The predicted octanol–water partition coefficient (Wildman–Crippen LogP) is 4.70. The van der Waals surface area contributed by atoms with E-state index in [9.17, 15) is 4.79 Å². The van der Waals surface area contributed by atoms with E-state index < -0.39 is 0 Å². The number of halogens is 1. The molecular weight excluding hydrogens is 316 g/mol. The fraction of sp³-hybridized carbons (Fsp3) is 0.235. The van der Waals surface area contributed by atoms with Gasteiger partial charge in [-0.25, -0.2) is 4.79 Å². The van der Waals surface area contributed by atoms with Gasteiger partial charge in [0.1, 0.15) is 0 Å². The van der Waals surface area contributed by atoms with E-state index >= 15 is 0 Å². The van der Waals surface area contributed by atoms with Crippen LogP contribution in [0.4, 0.5) is 10.5 Å². The lowest BCUT2D eigenvalue weighted by molar-refractivity contribution is 0.252. The van der Waals surface area contributed by atoms with Gasteiger partial charge in [-0.2, -0.15) is 11.8 Å². The Kier molecular flexibility index (Phi) is 6.62. The van der Waals surface area contributed by atoms with Crippen LogP contribution in [0.1, 0.15) is 11.1 Å². The highest BCUT2D eigenvalue weighted by atomic mass is 35.5. The van der Waals surface area contributed by atoms with E-state index in [1.807, 2.05) is 31.2 Å². The second-order valence-corrected chi connectivity index (χ2v) is 6.42. The average Bonchev–Trinajstić information content (AvgIpc) is 2.51. The Morgan fingerprint density at radius 3 is 2.73 bits per heavy atom. The lowest BCUT2D eigenvalue weighted by Crippen LogP contribution is -2.30. The highest BCUT2D eigenvalue weighted by molar-refractivity contribution is 7.98. The Bertz CT molecular complexity index is 619. The second kappa shape index (κ2) is 8.71. The Morgan fingerprint density at radius 2 is 1.95 bits per heavy atom. The lowest BCUT2D eigenvalue weighted by Gasteiger charge is -2.10. The normalized spacial score (nSPS) is 10.3. The number of carbonyl (C=O) groups excluding carboxylic acids is 1. The number of benzene rings is 2. The zero-order valence-electron chi connectivity index (χ0n) is 12.4. The number of anilines is 1. The third kappa shape index (κ3) is 5.62. The molecule has 2 N–H and O–H groups in total. The van der Waals surface area contributed by atoms with Gasteiger partial charge in [0.05, 0.1) is 0 Å². The van der Waals surface area contributed by atoms with Crippen LogP contribution < -0.4 is 10.6 Å². The molecule has 0 aromatic heterocycles. The third-order valence-electron chi connectivity index (χ3n) is 3.09. The predicted molar refractivity (Wildman–Crippen MR) is 95.8 cm³/mol. The van der Waals surface area contributed by atoms with Crippen molar-refractivity contribution in [3.05, 3.63) is 64.7 Å². The third-order valence-corrected chi connectivity index (χ3v) is 4.36. The number of rotatable bonds is 6. The molecule has 0 heterocycles. The molecule has 0 atom stereocenters. The van der Waals surface area contributed by atoms with E-state index in [0.717, 1.165) is 22.8 Å². The van der Waals surface area contributed by atoms with Crippen LogP contribution in [0, 0.1) is 6.92 Å². The van der Waals surface area contributed by atoms with Crippen LogP contribution in [-0.4, -0.2) is 18.3 Å². The summed E-state index contributed by atoms with van der Waals surface area (Å²) < 4.78 is 0. The minimum Gasteiger partial charge on any atom is -0.337 e. The molecule has 5 heteroatoms. The number of carbonyl (C=O) groups is 1. The SMILES string of the molecule is Cc1ccc(Cl)cc1NC(=O)NCCSCc1ccccc1. The topological polar surface area (TPSA) is 41.1 Å². The average molecular weight is 335 g/mol. The van der Waals surface area contributed by atoms with E-state index in [0.29, 0.717) is 11.6 Å². The van der Waals surface area contributed by atoms with Gasteiger partial charge in [0.25, 0.3) is 0 Å². The van der Waals surface area contributed by atoms with Crippen LogP contribution in [0.25, 0.3) is 0 Å². The van der Waals surface area contributed by atoms with Crippen molar-refractivity contribution < 1.29 is 4.79 Å². The summed E-state index contributed by atoms with van der Waals surface area (Å²) in [4.78, 5) is 11.8. The molecule has 0 aliphatic carbocycles. The maximum atomic E-state index is 11.8. The molecule has 0 fully saturated rings. The van der Waals surface area contributed by atoms with Crippen LogP contribution in [-0.2, 0) is 5.75 Å². The zero-order chi connectivity index (χ0) is 15.8. The number of aryl methyl sites for hydroxylation is 1.